The lowest BCUT2D eigenvalue weighted by Crippen LogP contribution is -2.42. The van der Waals surface area contributed by atoms with E-state index in [0.29, 0.717) is 0 Å². The van der Waals surface area contributed by atoms with Gasteiger partial charge in [-0.1, -0.05) is 28.4 Å². The van der Waals surface area contributed by atoms with Gasteiger partial charge in [0.05, 0.1) is 5.41 Å². The van der Waals surface area contributed by atoms with Crippen molar-refractivity contribution < 1.29 is 9.90 Å². The maximum Gasteiger partial charge on any atom is 0.314 e. The average molecular weight is 295 g/mol. The van der Waals surface area contributed by atoms with E-state index < -0.39 is 11.4 Å². The molecule has 1 fully saturated rings. The summed E-state index contributed by atoms with van der Waals surface area (Å²) < 4.78 is 1.11. The Hall–Kier alpha value is -0.830. The van der Waals surface area contributed by atoms with Crippen molar-refractivity contribution in [3.05, 3.63) is 33.3 Å². The average Bonchev–Trinajstić information content (AvgIpc) is 2.63. The van der Waals surface area contributed by atoms with Crippen molar-refractivity contribution in [2.45, 2.75) is 43.9 Å². The van der Waals surface area contributed by atoms with Crippen LogP contribution in [0.5, 0.6) is 0 Å². The van der Waals surface area contributed by atoms with Crippen LogP contribution in [0.25, 0.3) is 0 Å². The van der Waals surface area contributed by atoms with Crippen LogP contribution < -0.4 is 0 Å². The first-order chi connectivity index (χ1) is 8.13. The molecule has 2 nitrogen and oxygen atoms in total. The molecule has 0 bridgehead atoms. The van der Waals surface area contributed by atoms with Gasteiger partial charge in [0, 0.05) is 4.47 Å². The third-order valence-electron chi connectivity index (χ3n) is 4.33. The molecule has 0 aliphatic heterocycles. The van der Waals surface area contributed by atoms with E-state index in [1.807, 2.05) is 6.07 Å². The van der Waals surface area contributed by atoms with Gasteiger partial charge in [-0.05, 0) is 54.9 Å². The quantitative estimate of drug-likeness (QED) is 0.907. The van der Waals surface area contributed by atoms with Crippen molar-refractivity contribution in [2.75, 3.05) is 0 Å². The number of aliphatic carboxylic acids is 1. The minimum atomic E-state index is -0.659. The highest BCUT2D eigenvalue weighted by Crippen LogP contribution is 2.46. The van der Waals surface area contributed by atoms with Crippen LogP contribution in [0.4, 0.5) is 0 Å². The zero-order chi connectivity index (χ0) is 12.0. The number of hydrogen-bond donors (Lipinski definition) is 1. The Labute approximate surface area is 109 Å². The number of benzene rings is 1. The molecule has 3 rings (SSSR count). The van der Waals surface area contributed by atoms with E-state index in [1.54, 1.807) is 0 Å². The third kappa shape index (κ3) is 1.55. The first-order valence-electron chi connectivity index (χ1n) is 6.19. The Morgan fingerprint density at radius 2 is 2.00 bits per heavy atom. The molecule has 0 heterocycles. The zero-order valence-corrected chi connectivity index (χ0v) is 11.2. The first-order valence-corrected chi connectivity index (χ1v) is 6.98. The van der Waals surface area contributed by atoms with Crippen molar-refractivity contribution in [2.24, 2.45) is 0 Å². The number of rotatable bonds is 2. The molecule has 0 unspecified atom stereocenters. The molecule has 0 spiro atoms. The van der Waals surface area contributed by atoms with Crippen LogP contribution in [0.1, 0.15) is 42.4 Å². The van der Waals surface area contributed by atoms with Crippen LogP contribution >= 0.6 is 15.9 Å². The van der Waals surface area contributed by atoms with Crippen LogP contribution in [0, 0.1) is 0 Å². The highest BCUT2D eigenvalue weighted by atomic mass is 79.9. The first kappa shape index (κ1) is 11.3. The summed E-state index contributed by atoms with van der Waals surface area (Å²) in [6.07, 6.45) is 6.01. The lowest BCUT2D eigenvalue weighted by atomic mass is 9.64. The fourth-order valence-corrected chi connectivity index (χ4v) is 3.78. The predicted molar refractivity (Wildman–Crippen MR) is 69.3 cm³/mol. The molecule has 2 aliphatic rings. The molecule has 1 aromatic carbocycles. The van der Waals surface area contributed by atoms with Gasteiger partial charge in [-0.25, -0.2) is 0 Å². The summed E-state index contributed by atoms with van der Waals surface area (Å²) in [5, 5.41) is 9.46. The van der Waals surface area contributed by atoms with Crippen molar-refractivity contribution >= 4 is 21.9 Å². The van der Waals surface area contributed by atoms with Crippen LogP contribution in [0.15, 0.2) is 16.6 Å². The Morgan fingerprint density at radius 1 is 1.24 bits per heavy atom. The molecule has 1 aromatic rings. The summed E-state index contributed by atoms with van der Waals surface area (Å²) in [6.45, 7) is 0. The molecule has 0 aromatic heterocycles. The van der Waals surface area contributed by atoms with Gasteiger partial charge in [-0.3, -0.25) is 4.79 Å². The largest absolute Gasteiger partial charge is 0.481 e. The Morgan fingerprint density at radius 3 is 2.59 bits per heavy atom. The maximum atomic E-state index is 11.5. The molecular weight excluding hydrogens is 280 g/mol. The smallest absolute Gasteiger partial charge is 0.314 e. The van der Waals surface area contributed by atoms with E-state index in [0.717, 1.165) is 42.1 Å². The van der Waals surface area contributed by atoms with E-state index >= 15 is 0 Å². The number of carbonyl (C=O) groups is 1. The predicted octanol–water partition coefficient (Wildman–Crippen LogP) is 3.44. The molecule has 1 N–H and O–H groups in total. The fourth-order valence-electron chi connectivity index (χ4n) is 3.08. The van der Waals surface area contributed by atoms with E-state index in [4.69, 9.17) is 0 Å². The summed E-state index contributed by atoms with van der Waals surface area (Å²) in [6, 6.07) is 4.18. The highest BCUT2D eigenvalue weighted by Gasteiger charge is 2.46. The number of aryl methyl sites for hydroxylation is 1. The minimum absolute atomic E-state index is 0.597. The molecule has 2 aliphatic carbocycles. The summed E-state index contributed by atoms with van der Waals surface area (Å²) in [7, 11) is 0. The van der Waals surface area contributed by atoms with Crippen LogP contribution in [-0.2, 0) is 23.1 Å². The molecule has 3 heteroatoms. The van der Waals surface area contributed by atoms with E-state index in [2.05, 4.69) is 22.0 Å². The van der Waals surface area contributed by atoms with Gasteiger partial charge in [-0.2, -0.15) is 0 Å². The van der Waals surface area contributed by atoms with Gasteiger partial charge in [0.15, 0.2) is 0 Å². The van der Waals surface area contributed by atoms with Gasteiger partial charge in [-0.15, -0.1) is 0 Å². The second-order valence-corrected chi connectivity index (χ2v) is 6.04. The van der Waals surface area contributed by atoms with Gasteiger partial charge in [0.1, 0.15) is 0 Å². The molecule has 0 atom stereocenters. The third-order valence-corrected chi connectivity index (χ3v) is 5.04. The number of carboxylic acid groups (broad SMARTS) is 1. The molecular formula is C14H15BrO2. The molecule has 0 saturated heterocycles. The van der Waals surface area contributed by atoms with Crippen LogP contribution in [-0.4, -0.2) is 11.1 Å². The summed E-state index contributed by atoms with van der Waals surface area (Å²) >= 11 is 3.60. The number of hydrogen-bond acceptors (Lipinski definition) is 1. The zero-order valence-electron chi connectivity index (χ0n) is 9.63. The summed E-state index contributed by atoms with van der Waals surface area (Å²) in [5.74, 6) is -0.659. The fraction of sp³-hybridized carbons (Fsp3) is 0.500. The summed E-state index contributed by atoms with van der Waals surface area (Å²) in [4.78, 5) is 11.5. The second-order valence-electron chi connectivity index (χ2n) is 5.19. The standard InChI is InChI=1S/C14H15BrO2/c15-12-8-10(7-9-3-1-4-11(9)12)14(13(16)17)5-2-6-14/h7-8H,1-6H2,(H,16,17). The maximum absolute atomic E-state index is 11.5. The van der Waals surface area contributed by atoms with Gasteiger partial charge < -0.3 is 5.11 Å². The molecule has 0 radical (unpaired) electrons. The van der Waals surface area contributed by atoms with Crippen molar-refractivity contribution in [3.8, 4) is 0 Å². The van der Waals surface area contributed by atoms with E-state index in [-0.39, 0.29) is 0 Å². The van der Waals surface area contributed by atoms with Gasteiger partial charge in [0.2, 0.25) is 0 Å². The molecule has 1 saturated carbocycles. The summed E-state index contributed by atoms with van der Waals surface area (Å²) in [5.41, 5.74) is 3.14. The SMILES string of the molecule is O=C(O)C1(c2cc(Br)c3c(c2)CCC3)CCC1. The number of halogens is 1. The molecule has 90 valence electrons. The Balaban J connectivity index is 2.10. The van der Waals surface area contributed by atoms with Crippen LogP contribution in [0.2, 0.25) is 0 Å². The number of fused-ring (bicyclic) bond motifs is 1. The second kappa shape index (κ2) is 3.84. The van der Waals surface area contributed by atoms with Crippen molar-refractivity contribution in [3.63, 3.8) is 0 Å². The number of carboxylic acids is 1. The van der Waals surface area contributed by atoms with Gasteiger partial charge in [0.25, 0.3) is 0 Å². The monoisotopic (exact) mass is 294 g/mol. The Kier molecular flexibility index (Phi) is 2.54. The highest BCUT2D eigenvalue weighted by molar-refractivity contribution is 9.10. The lowest BCUT2D eigenvalue weighted by Gasteiger charge is -2.38. The van der Waals surface area contributed by atoms with E-state index in [9.17, 15) is 9.90 Å². The van der Waals surface area contributed by atoms with Crippen molar-refractivity contribution in [1.82, 2.24) is 0 Å². The van der Waals surface area contributed by atoms with Gasteiger partial charge >= 0.3 is 5.97 Å². The lowest BCUT2D eigenvalue weighted by molar-refractivity contribution is -0.147. The normalized spacial score (nSPS) is 20.8. The topological polar surface area (TPSA) is 37.3 Å². The Bertz CT molecular complexity index is 489. The van der Waals surface area contributed by atoms with Crippen molar-refractivity contribution in [1.29, 1.82) is 0 Å². The van der Waals surface area contributed by atoms with E-state index in [1.165, 1.54) is 17.5 Å². The molecule has 17 heavy (non-hydrogen) atoms. The van der Waals surface area contributed by atoms with Crippen LogP contribution in [0.3, 0.4) is 0 Å². The minimum Gasteiger partial charge on any atom is -0.481 e. The molecule has 0 amide bonds.